The number of alkyl halides is 1. The van der Waals surface area contributed by atoms with Gasteiger partial charge in [-0.3, -0.25) is 4.79 Å². The molecule has 92 valence electrons. The summed E-state index contributed by atoms with van der Waals surface area (Å²) in [6.45, 7) is 1.49. The lowest BCUT2D eigenvalue weighted by Crippen LogP contribution is -2.40. The van der Waals surface area contributed by atoms with Crippen LogP contribution in [0.5, 0.6) is 0 Å². The van der Waals surface area contributed by atoms with Gasteiger partial charge in [0.2, 0.25) is 0 Å². The van der Waals surface area contributed by atoms with Gasteiger partial charge in [0, 0.05) is 18.0 Å². The topological polar surface area (TPSA) is 20.3 Å². The summed E-state index contributed by atoms with van der Waals surface area (Å²) in [6.07, 6.45) is 4.00. The van der Waals surface area contributed by atoms with E-state index >= 15 is 0 Å². The number of halogens is 1. The Labute approximate surface area is 111 Å². The third-order valence-corrected chi connectivity index (χ3v) is 4.14. The Hall–Kier alpha value is -0.670. The van der Waals surface area contributed by atoms with Crippen molar-refractivity contribution in [2.45, 2.75) is 23.1 Å². The van der Waals surface area contributed by atoms with Gasteiger partial charge in [-0.25, -0.2) is 0 Å². The number of hydrogen-bond donors (Lipinski definition) is 0. The first-order valence-electron chi connectivity index (χ1n) is 5.78. The highest BCUT2D eigenvalue weighted by molar-refractivity contribution is 7.98. The van der Waals surface area contributed by atoms with Crippen LogP contribution in [0, 0.1) is 0 Å². The van der Waals surface area contributed by atoms with E-state index < -0.39 is 0 Å². The van der Waals surface area contributed by atoms with Crippen LogP contribution in [0.2, 0.25) is 0 Å². The van der Waals surface area contributed by atoms with E-state index in [1.54, 1.807) is 11.8 Å². The molecule has 2 rings (SSSR count). The zero-order chi connectivity index (χ0) is 12.3. The second-order valence-corrected chi connectivity index (χ2v) is 5.66. The van der Waals surface area contributed by atoms with Gasteiger partial charge in [-0.2, -0.15) is 0 Å². The summed E-state index contributed by atoms with van der Waals surface area (Å²) in [5, 5.41) is 0.106. The lowest BCUT2D eigenvalue weighted by atomic mass is 10.1. The Kier molecular flexibility index (Phi) is 4.35. The number of thioether (sulfide) groups is 1. The summed E-state index contributed by atoms with van der Waals surface area (Å²) in [7, 11) is 0. The highest BCUT2D eigenvalue weighted by Gasteiger charge is 2.24. The molecular weight excluding hydrogens is 254 g/mol. The first kappa shape index (κ1) is 12.8. The highest BCUT2D eigenvalue weighted by Crippen LogP contribution is 2.23. The van der Waals surface area contributed by atoms with E-state index in [-0.39, 0.29) is 11.3 Å². The number of amides is 1. The SMILES string of the molecule is CSc1ccccc1C(=O)N1CCCC(Cl)C1. The van der Waals surface area contributed by atoms with E-state index in [1.165, 1.54) is 0 Å². The van der Waals surface area contributed by atoms with Crippen LogP contribution < -0.4 is 0 Å². The van der Waals surface area contributed by atoms with Crippen LogP contribution in [0.15, 0.2) is 29.2 Å². The predicted octanol–water partition coefficient (Wildman–Crippen LogP) is 3.25. The summed E-state index contributed by atoms with van der Waals surface area (Å²) in [5.74, 6) is 0.111. The van der Waals surface area contributed by atoms with Crippen molar-refractivity contribution in [3.8, 4) is 0 Å². The fourth-order valence-corrected chi connectivity index (χ4v) is 3.01. The highest BCUT2D eigenvalue weighted by atomic mass is 35.5. The maximum Gasteiger partial charge on any atom is 0.255 e. The van der Waals surface area contributed by atoms with Gasteiger partial charge in [0.25, 0.3) is 5.91 Å². The van der Waals surface area contributed by atoms with Gasteiger partial charge < -0.3 is 4.90 Å². The smallest absolute Gasteiger partial charge is 0.255 e. The molecule has 17 heavy (non-hydrogen) atoms. The number of rotatable bonds is 2. The van der Waals surface area contributed by atoms with Crippen LogP contribution >= 0.6 is 23.4 Å². The largest absolute Gasteiger partial charge is 0.337 e. The van der Waals surface area contributed by atoms with Crippen LogP contribution in [0.4, 0.5) is 0 Å². The minimum atomic E-state index is 0.106. The average molecular weight is 270 g/mol. The van der Waals surface area contributed by atoms with Crippen molar-refractivity contribution in [2.75, 3.05) is 19.3 Å². The standard InChI is InChI=1S/C13H16ClNOS/c1-17-12-7-3-2-6-11(12)13(16)15-8-4-5-10(14)9-15/h2-3,6-7,10H,4-5,8-9H2,1H3. The van der Waals surface area contributed by atoms with Gasteiger partial charge in [-0.15, -0.1) is 23.4 Å². The summed E-state index contributed by atoms with van der Waals surface area (Å²) in [6, 6.07) is 7.75. The van der Waals surface area contributed by atoms with E-state index in [1.807, 2.05) is 35.4 Å². The molecule has 0 radical (unpaired) electrons. The fraction of sp³-hybridized carbons (Fsp3) is 0.462. The quantitative estimate of drug-likeness (QED) is 0.607. The van der Waals surface area contributed by atoms with Gasteiger partial charge in [-0.05, 0) is 31.2 Å². The van der Waals surface area contributed by atoms with Crippen LogP contribution in [0.1, 0.15) is 23.2 Å². The van der Waals surface area contributed by atoms with E-state index in [0.29, 0.717) is 6.54 Å². The van der Waals surface area contributed by atoms with Gasteiger partial charge >= 0.3 is 0 Å². The first-order valence-corrected chi connectivity index (χ1v) is 7.45. The molecule has 0 aromatic heterocycles. The van der Waals surface area contributed by atoms with Crippen molar-refractivity contribution in [1.29, 1.82) is 0 Å². The second kappa shape index (κ2) is 5.78. The minimum absolute atomic E-state index is 0.106. The summed E-state index contributed by atoms with van der Waals surface area (Å²) < 4.78 is 0. The van der Waals surface area contributed by atoms with Gasteiger partial charge in [-0.1, -0.05) is 12.1 Å². The molecule has 1 unspecified atom stereocenters. The third kappa shape index (κ3) is 2.96. The average Bonchev–Trinajstić information content (AvgIpc) is 2.38. The maximum atomic E-state index is 12.4. The summed E-state index contributed by atoms with van der Waals surface area (Å²) >= 11 is 7.73. The lowest BCUT2D eigenvalue weighted by Gasteiger charge is -2.30. The Morgan fingerprint density at radius 2 is 2.24 bits per heavy atom. The normalized spacial score (nSPS) is 20.4. The summed E-state index contributed by atoms with van der Waals surface area (Å²) in [5.41, 5.74) is 0.797. The molecule has 2 nitrogen and oxygen atoms in total. The molecule has 1 aromatic carbocycles. The van der Waals surface area contributed by atoms with Gasteiger partial charge in [0.1, 0.15) is 0 Å². The van der Waals surface area contributed by atoms with E-state index in [2.05, 4.69) is 0 Å². The van der Waals surface area contributed by atoms with Crippen LogP contribution in [0.25, 0.3) is 0 Å². The van der Waals surface area contributed by atoms with Gasteiger partial charge in [0.05, 0.1) is 10.9 Å². The third-order valence-electron chi connectivity index (χ3n) is 2.99. The molecule has 1 heterocycles. The molecule has 1 amide bonds. The van der Waals surface area contributed by atoms with Gasteiger partial charge in [0.15, 0.2) is 0 Å². The number of hydrogen-bond acceptors (Lipinski definition) is 2. The van der Waals surface area contributed by atoms with Crippen molar-refractivity contribution in [2.24, 2.45) is 0 Å². The Morgan fingerprint density at radius 1 is 1.47 bits per heavy atom. The Bertz CT molecular complexity index is 410. The fourth-order valence-electron chi connectivity index (χ4n) is 2.10. The number of piperidine rings is 1. The number of benzene rings is 1. The molecule has 1 aromatic rings. The zero-order valence-electron chi connectivity index (χ0n) is 9.86. The number of carbonyl (C=O) groups excluding carboxylic acids is 1. The van der Waals surface area contributed by atoms with Crippen molar-refractivity contribution in [3.05, 3.63) is 29.8 Å². The molecular formula is C13H16ClNOS. The summed E-state index contributed by atoms with van der Waals surface area (Å²) in [4.78, 5) is 15.3. The molecule has 0 aliphatic carbocycles. The van der Waals surface area contributed by atoms with Crippen molar-refractivity contribution in [3.63, 3.8) is 0 Å². The molecule has 0 spiro atoms. The first-order chi connectivity index (χ1) is 8.22. The molecule has 0 bridgehead atoms. The molecule has 1 aliphatic heterocycles. The molecule has 1 saturated heterocycles. The van der Waals surface area contributed by atoms with Crippen LogP contribution in [-0.2, 0) is 0 Å². The maximum absolute atomic E-state index is 12.4. The van der Waals surface area contributed by atoms with Crippen LogP contribution in [0.3, 0.4) is 0 Å². The van der Waals surface area contributed by atoms with E-state index in [0.717, 1.165) is 29.8 Å². The van der Waals surface area contributed by atoms with Crippen molar-refractivity contribution < 1.29 is 4.79 Å². The monoisotopic (exact) mass is 269 g/mol. The van der Waals surface area contributed by atoms with Crippen molar-refractivity contribution >= 4 is 29.3 Å². The molecule has 1 fully saturated rings. The Morgan fingerprint density at radius 3 is 2.94 bits per heavy atom. The molecule has 1 aliphatic rings. The van der Waals surface area contributed by atoms with E-state index in [9.17, 15) is 4.79 Å². The van der Waals surface area contributed by atoms with Crippen LogP contribution in [-0.4, -0.2) is 35.5 Å². The van der Waals surface area contributed by atoms with E-state index in [4.69, 9.17) is 11.6 Å². The number of likely N-dealkylation sites (tertiary alicyclic amines) is 1. The molecule has 0 N–H and O–H groups in total. The predicted molar refractivity (Wildman–Crippen MR) is 73.0 cm³/mol. The molecule has 1 atom stereocenters. The molecule has 0 saturated carbocycles. The van der Waals surface area contributed by atoms with Crippen molar-refractivity contribution in [1.82, 2.24) is 4.90 Å². The second-order valence-electron chi connectivity index (χ2n) is 4.19. The minimum Gasteiger partial charge on any atom is -0.337 e. The zero-order valence-corrected chi connectivity index (χ0v) is 11.4. The number of nitrogens with zero attached hydrogens (tertiary/aromatic N) is 1. The Balaban J connectivity index is 2.18. The number of carbonyl (C=O) groups is 1. The lowest BCUT2D eigenvalue weighted by molar-refractivity contribution is 0.0723. The molecule has 4 heteroatoms.